The molecule has 0 atom stereocenters. The van der Waals surface area contributed by atoms with E-state index in [0.29, 0.717) is 18.7 Å². The fourth-order valence-electron chi connectivity index (χ4n) is 1.31. The molecular formula is C13H19NO2. The fraction of sp³-hybridized carbons (Fsp3) is 0.462. The molecule has 1 amide bonds. The summed E-state index contributed by atoms with van der Waals surface area (Å²) in [6, 6.07) is 9.24. The lowest BCUT2D eigenvalue weighted by Crippen LogP contribution is -2.25. The van der Waals surface area contributed by atoms with Gasteiger partial charge in [-0.05, 0) is 25.0 Å². The molecule has 0 saturated carbocycles. The number of carbonyl (C=O) groups is 1. The molecule has 1 aromatic rings. The van der Waals surface area contributed by atoms with Crippen molar-refractivity contribution in [2.45, 2.75) is 19.8 Å². The zero-order valence-electron chi connectivity index (χ0n) is 9.74. The summed E-state index contributed by atoms with van der Waals surface area (Å²) in [5.41, 5.74) is 0.706. The van der Waals surface area contributed by atoms with Gasteiger partial charge in [-0.3, -0.25) is 4.79 Å². The number of hydrogen-bond donors (Lipinski definition) is 1. The molecule has 3 heteroatoms. The number of amides is 1. The smallest absolute Gasteiger partial charge is 0.251 e. The average molecular weight is 221 g/mol. The second-order valence-corrected chi connectivity index (χ2v) is 3.59. The molecule has 0 aliphatic rings. The minimum Gasteiger partial charge on any atom is -0.381 e. The van der Waals surface area contributed by atoms with E-state index in [2.05, 4.69) is 12.2 Å². The van der Waals surface area contributed by atoms with Crippen molar-refractivity contribution in [1.82, 2.24) is 5.32 Å². The van der Waals surface area contributed by atoms with Crippen LogP contribution in [-0.4, -0.2) is 25.7 Å². The summed E-state index contributed by atoms with van der Waals surface area (Å²) in [6.07, 6.45) is 1.90. The monoisotopic (exact) mass is 221 g/mol. The molecule has 1 N–H and O–H groups in total. The van der Waals surface area contributed by atoms with Crippen LogP contribution in [0.4, 0.5) is 0 Å². The first-order valence-corrected chi connectivity index (χ1v) is 5.75. The van der Waals surface area contributed by atoms with Gasteiger partial charge >= 0.3 is 0 Å². The normalized spacial score (nSPS) is 10.1. The first-order chi connectivity index (χ1) is 7.84. The van der Waals surface area contributed by atoms with Gasteiger partial charge in [0.25, 0.3) is 5.91 Å². The van der Waals surface area contributed by atoms with Gasteiger partial charge in [0.2, 0.25) is 0 Å². The Bertz CT molecular complexity index is 298. The summed E-state index contributed by atoms with van der Waals surface area (Å²) < 4.78 is 5.32. The summed E-state index contributed by atoms with van der Waals surface area (Å²) in [5.74, 6) is -0.0175. The van der Waals surface area contributed by atoms with Gasteiger partial charge < -0.3 is 10.1 Å². The SMILES string of the molecule is CCCOCCCNC(=O)c1ccccc1. The quantitative estimate of drug-likeness (QED) is 0.717. The Balaban J connectivity index is 2.12. The molecule has 0 aliphatic carbocycles. The van der Waals surface area contributed by atoms with E-state index < -0.39 is 0 Å². The Morgan fingerprint density at radius 1 is 1.25 bits per heavy atom. The van der Waals surface area contributed by atoms with Gasteiger partial charge in [0.15, 0.2) is 0 Å². The highest BCUT2D eigenvalue weighted by molar-refractivity contribution is 5.94. The number of nitrogens with one attached hydrogen (secondary N) is 1. The number of carbonyl (C=O) groups excluding carboxylic acids is 1. The maximum atomic E-state index is 11.6. The van der Waals surface area contributed by atoms with Crippen molar-refractivity contribution in [3.8, 4) is 0 Å². The molecule has 1 aromatic carbocycles. The summed E-state index contributed by atoms with van der Waals surface area (Å²) in [4.78, 5) is 11.6. The van der Waals surface area contributed by atoms with Crippen molar-refractivity contribution >= 4 is 5.91 Å². The van der Waals surface area contributed by atoms with Gasteiger partial charge in [-0.15, -0.1) is 0 Å². The summed E-state index contributed by atoms with van der Waals surface area (Å²) in [6.45, 7) is 4.25. The molecule has 0 fully saturated rings. The largest absolute Gasteiger partial charge is 0.381 e. The van der Waals surface area contributed by atoms with Gasteiger partial charge in [-0.1, -0.05) is 25.1 Å². The molecule has 0 saturated heterocycles. The van der Waals surface area contributed by atoms with Crippen LogP contribution < -0.4 is 5.32 Å². The Labute approximate surface area is 96.8 Å². The van der Waals surface area contributed by atoms with Crippen molar-refractivity contribution in [3.05, 3.63) is 35.9 Å². The highest BCUT2D eigenvalue weighted by atomic mass is 16.5. The van der Waals surface area contributed by atoms with Crippen LogP contribution in [0.2, 0.25) is 0 Å². The lowest BCUT2D eigenvalue weighted by atomic mass is 10.2. The molecule has 0 heterocycles. The van der Waals surface area contributed by atoms with E-state index in [1.165, 1.54) is 0 Å². The number of benzene rings is 1. The highest BCUT2D eigenvalue weighted by Gasteiger charge is 2.02. The lowest BCUT2D eigenvalue weighted by molar-refractivity contribution is 0.0941. The highest BCUT2D eigenvalue weighted by Crippen LogP contribution is 1.97. The van der Waals surface area contributed by atoms with Crippen molar-refractivity contribution < 1.29 is 9.53 Å². The molecule has 0 bridgehead atoms. The molecular weight excluding hydrogens is 202 g/mol. The number of ether oxygens (including phenoxy) is 1. The minimum atomic E-state index is -0.0175. The molecule has 0 radical (unpaired) electrons. The molecule has 0 aromatic heterocycles. The van der Waals surface area contributed by atoms with Crippen LogP contribution in [0.1, 0.15) is 30.1 Å². The van der Waals surface area contributed by atoms with E-state index >= 15 is 0 Å². The van der Waals surface area contributed by atoms with Crippen LogP contribution in [0.5, 0.6) is 0 Å². The van der Waals surface area contributed by atoms with E-state index in [0.717, 1.165) is 19.4 Å². The Morgan fingerprint density at radius 2 is 2.00 bits per heavy atom. The first-order valence-electron chi connectivity index (χ1n) is 5.75. The Hall–Kier alpha value is -1.35. The van der Waals surface area contributed by atoms with Crippen molar-refractivity contribution in [1.29, 1.82) is 0 Å². The number of rotatable bonds is 7. The maximum Gasteiger partial charge on any atom is 0.251 e. The number of hydrogen-bond acceptors (Lipinski definition) is 2. The van der Waals surface area contributed by atoms with Gasteiger partial charge in [-0.2, -0.15) is 0 Å². The van der Waals surface area contributed by atoms with E-state index in [9.17, 15) is 4.79 Å². The first kappa shape index (κ1) is 12.7. The lowest BCUT2D eigenvalue weighted by Gasteiger charge is -2.05. The third kappa shape index (κ3) is 4.94. The molecule has 0 unspecified atom stereocenters. The van der Waals surface area contributed by atoms with Crippen LogP contribution in [0.15, 0.2) is 30.3 Å². The van der Waals surface area contributed by atoms with Crippen molar-refractivity contribution in [3.63, 3.8) is 0 Å². The van der Waals surface area contributed by atoms with Crippen molar-refractivity contribution in [2.75, 3.05) is 19.8 Å². The molecule has 0 spiro atoms. The Morgan fingerprint density at radius 3 is 2.69 bits per heavy atom. The van der Waals surface area contributed by atoms with Gasteiger partial charge in [0.05, 0.1) is 0 Å². The molecule has 88 valence electrons. The van der Waals surface area contributed by atoms with Crippen molar-refractivity contribution in [2.24, 2.45) is 0 Å². The van der Waals surface area contributed by atoms with Crippen LogP contribution in [0, 0.1) is 0 Å². The fourth-order valence-corrected chi connectivity index (χ4v) is 1.31. The standard InChI is InChI=1S/C13H19NO2/c1-2-10-16-11-6-9-14-13(15)12-7-4-3-5-8-12/h3-5,7-8H,2,6,9-11H2,1H3,(H,14,15). The second-order valence-electron chi connectivity index (χ2n) is 3.59. The third-order valence-electron chi connectivity index (χ3n) is 2.14. The molecule has 0 aliphatic heterocycles. The minimum absolute atomic E-state index is 0.0175. The van der Waals surface area contributed by atoms with Gasteiger partial charge in [0.1, 0.15) is 0 Å². The van der Waals surface area contributed by atoms with Crippen LogP contribution in [-0.2, 0) is 4.74 Å². The van der Waals surface area contributed by atoms with Crippen LogP contribution >= 0.6 is 0 Å². The van der Waals surface area contributed by atoms with Gasteiger partial charge in [0, 0.05) is 25.3 Å². The summed E-state index contributed by atoms with van der Waals surface area (Å²) in [7, 11) is 0. The average Bonchev–Trinajstić information content (AvgIpc) is 2.34. The van der Waals surface area contributed by atoms with E-state index in [-0.39, 0.29) is 5.91 Å². The predicted octanol–water partition coefficient (Wildman–Crippen LogP) is 2.23. The second kappa shape index (κ2) is 7.88. The van der Waals surface area contributed by atoms with Gasteiger partial charge in [-0.25, -0.2) is 0 Å². The predicted molar refractivity (Wildman–Crippen MR) is 64.5 cm³/mol. The summed E-state index contributed by atoms with van der Waals surface area (Å²) >= 11 is 0. The van der Waals surface area contributed by atoms with E-state index in [1.807, 2.05) is 30.3 Å². The van der Waals surface area contributed by atoms with Crippen LogP contribution in [0.3, 0.4) is 0 Å². The summed E-state index contributed by atoms with van der Waals surface area (Å²) in [5, 5.41) is 2.86. The third-order valence-corrected chi connectivity index (χ3v) is 2.14. The van der Waals surface area contributed by atoms with Crippen LogP contribution in [0.25, 0.3) is 0 Å². The zero-order chi connectivity index (χ0) is 11.6. The molecule has 1 rings (SSSR count). The van der Waals surface area contributed by atoms with E-state index in [4.69, 9.17) is 4.74 Å². The van der Waals surface area contributed by atoms with E-state index in [1.54, 1.807) is 0 Å². The topological polar surface area (TPSA) is 38.3 Å². The maximum absolute atomic E-state index is 11.6. The Kier molecular flexibility index (Phi) is 6.26. The zero-order valence-corrected chi connectivity index (χ0v) is 9.74. The molecule has 3 nitrogen and oxygen atoms in total. The molecule has 16 heavy (non-hydrogen) atoms.